The molecule has 29 heavy (non-hydrogen) atoms. The number of aryl methyl sites for hydroxylation is 2. The van der Waals surface area contributed by atoms with Crippen LogP contribution in [0.25, 0.3) is 0 Å². The molecule has 8 heteroatoms. The molecule has 2 heterocycles. The van der Waals surface area contributed by atoms with Crippen LogP contribution >= 0.6 is 11.3 Å². The zero-order valence-electron chi connectivity index (χ0n) is 17.7. The number of aliphatic imine (C=N–C) groups is 1. The second-order valence-electron chi connectivity index (χ2n) is 6.99. The average Bonchev–Trinajstić information content (AvgIpc) is 3.08. The lowest BCUT2D eigenvalue weighted by molar-refractivity contribution is 0.0170. The molecule has 2 N–H and O–H groups in total. The SMILES string of the molecule is CN=C(NCc1sc(C)nc1C)NCC(c1ccc(OC)cc1)N1CCOCC1. The van der Waals surface area contributed by atoms with E-state index in [0.717, 1.165) is 61.8 Å². The predicted octanol–water partition coefficient (Wildman–Crippen LogP) is 2.51. The first kappa shape index (κ1) is 21.5. The van der Waals surface area contributed by atoms with Gasteiger partial charge in [0.1, 0.15) is 5.75 Å². The van der Waals surface area contributed by atoms with Crippen molar-refractivity contribution in [1.29, 1.82) is 0 Å². The maximum absolute atomic E-state index is 5.55. The molecule has 0 saturated carbocycles. The van der Waals surface area contributed by atoms with Crippen molar-refractivity contribution in [3.8, 4) is 5.75 Å². The van der Waals surface area contributed by atoms with Gasteiger partial charge in [-0.1, -0.05) is 12.1 Å². The van der Waals surface area contributed by atoms with Crippen LogP contribution in [0.15, 0.2) is 29.3 Å². The van der Waals surface area contributed by atoms with E-state index in [1.807, 2.05) is 19.1 Å². The van der Waals surface area contributed by atoms with Crippen LogP contribution in [0.1, 0.15) is 27.2 Å². The molecule has 1 fully saturated rings. The Balaban J connectivity index is 1.64. The molecule has 1 aliphatic rings. The van der Waals surface area contributed by atoms with E-state index >= 15 is 0 Å². The second-order valence-corrected chi connectivity index (χ2v) is 8.27. The molecule has 0 aliphatic carbocycles. The van der Waals surface area contributed by atoms with Crippen LogP contribution in [0.5, 0.6) is 5.75 Å². The van der Waals surface area contributed by atoms with Crippen LogP contribution < -0.4 is 15.4 Å². The zero-order chi connectivity index (χ0) is 20.6. The third-order valence-corrected chi connectivity index (χ3v) is 6.16. The molecule has 3 rings (SSSR count). The van der Waals surface area contributed by atoms with E-state index in [1.165, 1.54) is 10.4 Å². The first-order chi connectivity index (χ1) is 14.1. The molecule has 1 atom stereocenters. The number of hydrogen-bond donors (Lipinski definition) is 2. The van der Waals surface area contributed by atoms with Gasteiger partial charge in [-0.25, -0.2) is 4.98 Å². The molecule has 2 aromatic rings. The molecule has 0 radical (unpaired) electrons. The van der Waals surface area contributed by atoms with E-state index < -0.39 is 0 Å². The number of rotatable bonds is 7. The van der Waals surface area contributed by atoms with Gasteiger partial charge in [0.05, 0.1) is 43.6 Å². The third kappa shape index (κ3) is 5.91. The van der Waals surface area contributed by atoms with Crippen molar-refractivity contribution in [3.63, 3.8) is 0 Å². The number of thiazole rings is 1. The molecular weight excluding hydrogens is 386 g/mol. The lowest BCUT2D eigenvalue weighted by Gasteiger charge is -2.35. The molecule has 1 aromatic carbocycles. The van der Waals surface area contributed by atoms with Gasteiger partial charge >= 0.3 is 0 Å². The van der Waals surface area contributed by atoms with Crippen LogP contribution in [0, 0.1) is 13.8 Å². The monoisotopic (exact) mass is 417 g/mol. The Hall–Kier alpha value is -2.16. The summed E-state index contributed by atoms with van der Waals surface area (Å²) in [4.78, 5) is 12.6. The van der Waals surface area contributed by atoms with E-state index in [2.05, 4.69) is 44.6 Å². The van der Waals surface area contributed by atoms with Gasteiger partial charge < -0.3 is 20.1 Å². The maximum atomic E-state index is 5.55. The van der Waals surface area contributed by atoms with Gasteiger partial charge in [-0.3, -0.25) is 9.89 Å². The Kier molecular flexibility index (Phi) is 7.85. The number of hydrogen-bond acceptors (Lipinski definition) is 6. The summed E-state index contributed by atoms with van der Waals surface area (Å²) in [7, 11) is 3.50. The van der Waals surface area contributed by atoms with Gasteiger partial charge in [-0.2, -0.15) is 0 Å². The van der Waals surface area contributed by atoms with Gasteiger partial charge in [0.25, 0.3) is 0 Å². The summed E-state index contributed by atoms with van der Waals surface area (Å²) in [5, 5.41) is 8.01. The first-order valence-corrected chi connectivity index (χ1v) is 10.8. The zero-order valence-corrected chi connectivity index (χ0v) is 18.5. The fraction of sp³-hybridized carbons (Fsp3) is 0.524. The van der Waals surface area contributed by atoms with Crippen LogP contribution in [-0.2, 0) is 11.3 Å². The normalized spacial score (nSPS) is 16.5. The largest absolute Gasteiger partial charge is 0.497 e. The quantitative estimate of drug-likeness (QED) is 0.533. The summed E-state index contributed by atoms with van der Waals surface area (Å²) in [5.41, 5.74) is 2.34. The number of morpholine rings is 1. The van der Waals surface area contributed by atoms with Crippen LogP contribution in [0.3, 0.4) is 0 Å². The van der Waals surface area contributed by atoms with Gasteiger partial charge in [0, 0.05) is 31.6 Å². The molecule has 0 spiro atoms. The minimum absolute atomic E-state index is 0.232. The molecule has 1 aliphatic heterocycles. The van der Waals surface area contributed by atoms with Gasteiger partial charge in [0.2, 0.25) is 0 Å². The summed E-state index contributed by atoms with van der Waals surface area (Å²) in [5.74, 6) is 1.66. The minimum Gasteiger partial charge on any atom is -0.497 e. The highest BCUT2D eigenvalue weighted by atomic mass is 32.1. The summed E-state index contributed by atoms with van der Waals surface area (Å²) >= 11 is 1.72. The Morgan fingerprint density at radius 2 is 1.97 bits per heavy atom. The Morgan fingerprint density at radius 3 is 2.55 bits per heavy atom. The number of methoxy groups -OCH3 is 1. The molecular formula is C21H31N5O2S. The standard InChI is InChI=1S/C21H31N5O2S/c1-15-20(29-16(2)25-15)14-24-21(22-3)23-13-19(26-9-11-28-12-10-26)17-5-7-18(27-4)8-6-17/h5-8,19H,9-14H2,1-4H3,(H2,22,23,24). The van der Waals surface area contributed by atoms with Gasteiger partial charge in [0.15, 0.2) is 5.96 Å². The number of guanidine groups is 1. The number of aromatic nitrogens is 1. The van der Waals surface area contributed by atoms with Crippen molar-refractivity contribution in [1.82, 2.24) is 20.5 Å². The lowest BCUT2D eigenvalue weighted by atomic mass is 10.0. The van der Waals surface area contributed by atoms with Crippen LogP contribution in [-0.4, -0.2) is 62.8 Å². The summed E-state index contributed by atoms with van der Waals surface area (Å²) < 4.78 is 10.9. The third-order valence-electron chi connectivity index (χ3n) is 5.09. The molecule has 1 aromatic heterocycles. The van der Waals surface area contributed by atoms with Crippen molar-refractivity contribution in [2.24, 2.45) is 4.99 Å². The minimum atomic E-state index is 0.232. The van der Waals surface area contributed by atoms with Crippen molar-refractivity contribution >= 4 is 17.3 Å². The van der Waals surface area contributed by atoms with Crippen molar-refractivity contribution in [2.45, 2.75) is 26.4 Å². The van der Waals surface area contributed by atoms with E-state index in [4.69, 9.17) is 9.47 Å². The fourth-order valence-electron chi connectivity index (χ4n) is 3.49. The van der Waals surface area contributed by atoms with E-state index in [1.54, 1.807) is 25.5 Å². The summed E-state index contributed by atoms with van der Waals surface area (Å²) in [6, 6.07) is 8.55. The number of benzene rings is 1. The smallest absolute Gasteiger partial charge is 0.191 e. The Morgan fingerprint density at radius 1 is 1.24 bits per heavy atom. The van der Waals surface area contributed by atoms with Gasteiger partial charge in [-0.15, -0.1) is 11.3 Å². The van der Waals surface area contributed by atoms with Crippen molar-refractivity contribution < 1.29 is 9.47 Å². The first-order valence-electron chi connectivity index (χ1n) is 9.94. The number of nitrogens with zero attached hydrogens (tertiary/aromatic N) is 3. The molecule has 0 bridgehead atoms. The number of ether oxygens (including phenoxy) is 2. The predicted molar refractivity (Wildman–Crippen MR) is 118 cm³/mol. The van der Waals surface area contributed by atoms with E-state index in [0.29, 0.717) is 0 Å². The highest BCUT2D eigenvalue weighted by molar-refractivity contribution is 7.11. The highest BCUT2D eigenvalue weighted by Crippen LogP contribution is 2.23. The maximum Gasteiger partial charge on any atom is 0.191 e. The number of nitrogens with one attached hydrogen (secondary N) is 2. The van der Waals surface area contributed by atoms with Crippen molar-refractivity contribution in [2.75, 3.05) is 47.0 Å². The molecule has 7 nitrogen and oxygen atoms in total. The Labute approximate surface area is 177 Å². The van der Waals surface area contributed by atoms with Crippen LogP contribution in [0.2, 0.25) is 0 Å². The van der Waals surface area contributed by atoms with E-state index in [9.17, 15) is 0 Å². The van der Waals surface area contributed by atoms with Crippen LogP contribution in [0.4, 0.5) is 0 Å². The fourth-order valence-corrected chi connectivity index (χ4v) is 4.37. The molecule has 1 saturated heterocycles. The van der Waals surface area contributed by atoms with Gasteiger partial charge in [-0.05, 0) is 31.5 Å². The topological polar surface area (TPSA) is 71.0 Å². The highest BCUT2D eigenvalue weighted by Gasteiger charge is 2.23. The summed E-state index contributed by atoms with van der Waals surface area (Å²) in [6.45, 7) is 8.94. The molecule has 158 valence electrons. The van der Waals surface area contributed by atoms with Crippen molar-refractivity contribution in [3.05, 3.63) is 45.4 Å². The second kappa shape index (κ2) is 10.6. The lowest BCUT2D eigenvalue weighted by Crippen LogP contribution is -2.46. The Bertz CT molecular complexity index is 800. The molecule has 0 amide bonds. The van der Waals surface area contributed by atoms with E-state index in [-0.39, 0.29) is 6.04 Å². The summed E-state index contributed by atoms with van der Waals surface area (Å²) in [6.07, 6.45) is 0. The molecule has 1 unspecified atom stereocenters. The average molecular weight is 418 g/mol.